The number of aryl methyl sites for hydroxylation is 1. The van der Waals surface area contributed by atoms with E-state index in [1.807, 2.05) is 13.0 Å². The van der Waals surface area contributed by atoms with E-state index in [1.54, 1.807) is 30.3 Å². The molecule has 4 rings (SSSR count). The van der Waals surface area contributed by atoms with Crippen LogP contribution in [0.2, 0.25) is 5.02 Å². The number of aromatic nitrogens is 2. The van der Waals surface area contributed by atoms with Gasteiger partial charge in [-0.1, -0.05) is 24.6 Å². The fourth-order valence-electron chi connectivity index (χ4n) is 2.77. The highest BCUT2D eigenvalue weighted by Gasteiger charge is 2.18. The summed E-state index contributed by atoms with van der Waals surface area (Å²) in [6.07, 6.45) is 0.573. The predicted octanol–water partition coefficient (Wildman–Crippen LogP) is 5.46. The van der Waals surface area contributed by atoms with Crippen molar-refractivity contribution in [3.05, 3.63) is 64.7 Å². The van der Waals surface area contributed by atoms with Crippen molar-refractivity contribution in [1.29, 1.82) is 0 Å². The first-order valence-corrected chi connectivity index (χ1v) is 9.55. The molecule has 2 heterocycles. The Bertz CT molecular complexity index is 1160. The van der Waals surface area contributed by atoms with Gasteiger partial charge < -0.3 is 4.74 Å². The Morgan fingerprint density at radius 3 is 2.70 bits per heavy atom. The predicted molar refractivity (Wildman–Crippen MR) is 106 cm³/mol. The van der Waals surface area contributed by atoms with E-state index >= 15 is 0 Å². The molecule has 0 aliphatic carbocycles. The van der Waals surface area contributed by atoms with Crippen LogP contribution in [0, 0.1) is 5.82 Å². The van der Waals surface area contributed by atoms with Gasteiger partial charge in [0.15, 0.2) is 12.4 Å². The molecule has 0 fully saturated rings. The summed E-state index contributed by atoms with van der Waals surface area (Å²) >= 11 is 7.20. The van der Waals surface area contributed by atoms with Gasteiger partial charge in [0, 0.05) is 21.7 Å². The molecule has 0 saturated carbocycles. The third-order valence-electron chi connectivity index (χ3n) is 4.13. The van der Waals surface area contributed by atoms with Crippen LogP contribution in [0.3, 0.4) is 0 Å². The topological polar surface area (TPSA) is 52.1 Å². The second kappa shape index (κ2) is 7.21. The molecule has 4 nitrogen and oxygen atoms in total. The minimum absolute atomic E-state index is 0.173. The number of thiophene rings is 1. The summed E-state index contributed by atoms with van der Waals surface area (Å²) in [4.78, 5) is 21.3. The van der Waals surface area contributed by atoms with Crippen LogP contribution in [0.4, 0.5) is 4.39 Å². The van der Waals surface area contributed by atoms with Crippen molar-refractivity contribution in [3.63, 3.8) is 0 Å². The Morgan fingerprint density at radius 2 is 1.96 bits per heavy atom. The molecule has 2 aromatic carbocycles. The first-order chi connectivity index (χ1) is 13.1. The number of ether oxygens (including phenoxy) is 1. The average molecular weight is 401 g/mol. The molecule has 4 aromatic rings. The third-order valence-corrected chi connectivity index (χ3v) is 5.51. The quantitative estimate of drug-likeness (QED) is 0.417. The molecule has 0 aliphatic rings. The summed E-state index contributed by atoms with van der Waals surface area (Å²) in [6.45, 7) is 1.74. The standard InChI is InChI=1S/C20H14ClFN2O2S/c1-2-16-23-18-17-13(22)4-3-5-15(17)27-19(18)20(24-16)26-10-14(25)11-6-8-12(21)9-7-11/h3-9H,2,10H2,1H3. The molecule has 0 radical (unpaired) electrons. The minimum Gasteiger partial charge on any atom is -0.468 e. The molecule has 2 aromatic heterocycles. The Labute approximate surface area is 163 Å². The van der Waals surface area contributed by atoms with E-state index in [4.69, 9.17) is 16.3 Å². The number of halogens is 2. The lowest BCUT2D eigenvalue weighted by Gasteiger charge is -2.07. The lowest BCUT2D eigenvalue weighted by Crippen LogP contribution is -2.12. The molecular weight excluding hydrogens is 387 g/mol. The maximum Gasteiger partial charge on any atom is 0.235 e. The van der Waals surface area contributed by atoms with Gasteiger partial charge in [0.25, 0.3) is 0 Å². The normalized spacial score (nSPS) is 11.2. The number of carbonyl (C=O) groups excluding carboxylic acids is 1. The van der Waals surface area contributed by atoms with Gasteiger partial charge in [0.1, 0.15) is 16.3 Å². The minimum atomic E-state index is -0.331. The van der Waals surface area contributed by atoms with Gasteiger partial charge in [0.2, 0.25) is 5.88 Å². The average Bonchev–Trinajstić information content (AvgIpc) is 3.06. The number of ketones is 1. The molecule has 0 spiro atoms. The first-order valence-electron chi connectivity index (χ1n) is 8.36. The van der Waals surface area contributed by atoms with Crippen LogP contribution in [0.25, 0.3) is 20.3 Å². The van der Waals surface area contributed by atoms with Crippen molar-refractivity contribution in [2.24, 2.45) is 0 Å². The number of hydrogen-bond acceptors (Lipinski definition) is 5. The lowest BCUT2D eigenvalue weighted by atomic mass is 10.1. The van der Waals surface area contributed by atoms with Gasteiger partial charge in [-0.3, -0.25) is 4.79 Å². The molecule has 0 aliphatic heterocycles. The van der Waals surface area contributed by atoms with E-state index in [9.17, 15) is 9.18 Å². The maximum atomic E-state index is 14.3. The number of hydrogen-bond donors (Lipinski definition) is 0. The molecule has 0 amide bonds. The second-order valence-electron chi connectivity index (χ2n) is 5.91. The number of carbonyl (C=O) groups is 1. The number of rotatable bonds is 5. The van der Waals surface area contributed by atoms with Gasteiger partial charge in [-0.05, 0) is 36.4 Å². The molecule has 0 bridgehead atoms. The lowest BCUT2D eigenvalue weighted by molar-refractivity contribution is 0.0919. The monoisotopic (exact) mass is 400 g/mol. The van der Waals surface area contributed by atoms with E-state index in [1.165, 1.54) is 17.4 Å². The first kappa shape index (κ1) is 17.8. The molecule has 27 heavy (non-hydrogen) atoms. The van der Waals surface area contributed by atoms with Gasteiger partial charge in [-0.25, -0.2) is 9.37 Å². The highest BCUT2D eigenvalue weighted by molar-refractivity contribution is 7.26. The van der Waals surface area contributed by atoms with E-state index in [0.717, 1.165) is 4.70 Å². The smallest absolute Gasteiger partial charge is 0.235 e. The van der Waals surface area contributed by atoms with Crippen molar-refractivity contribution in [2.45, 2.75) is 13.3 Å². The van der Waals surface area contributed by atoms with Crippen molar-refractivity contribution >= 4 is 49.0 Å². The van der Waals surface area contributed by atoms with E-state index in [2.05, 4.69) is 9.97 Å². The fourth-order valence-corrected chi connectivity index (χ4v) is 4.00. The van der Waals surface area contributed by atoms with Crippen molar-refractivity contribution in [3.8, 4) is 5.88 Å². The molecule has 0 atom stereocenters. The Hall–Kier alpha value is -2.57. The highest BCUT2D eigenvalue weighted by atomic mass is 35.5. The van der Waals surface area contributed by atoms with E-state index in [0.29, 0.717) is 44.3 Å². The maximum absolute atomic E-state index is 14.3. The summed E-state index contributed by atoms with van der Waals surface area (Å²) in [5, 5.41) is 1.02. The van der Waals surface area contributed by atoms with Crippen LogP contribution in [0.15, 0.2) is 42.5 Å². The Kier molecular flexibility index (Phi) is 4.76. The van der Waals surface area contributed by atoms with Crippen LogP contribution in [0.1, 0.15) is 23.1 Å². The largest absolute Gasteiger partial charge is 0.468 e. The summed E-state index contributed by atoms with van der Waals surface area (Å²) in [5.41, 5.74) is 1.02. The Balaban J connectivity index is 1.72. The van der Waals surface area contributed by atoms with Crippen LogP contribution in [-0.2, 0) is 6.42 Å². The van der Waals surface area contributed by atoms with Gasteiger partial charge in [-0.2, -0.15) is 4.98 Å². The fraction of sp³-hybridized carbons (Fsp3) is 0.150. The number of Topliss-reactive ketones (excluding diaryl/α,β-unsaturated/α-hetero) is 1. The van der Waals surface area contributed by atoms with Gasteiger partial charge in [-0.15, -0.1) is 11.3 Å². The van der Waals surface area contributed by atoms with Crippen molar-refractivity contribution < 1.29 is 13.9 Å². The molecule has 136 valence electrons. The number of nitrogens with zero attached hydrogens (tertiary/aromatic N) is 2. The zero-order valence-corrected chi connectivity index (χ0v) is 15.9. The Morgan fingerprint density at radius 1 is 1.19 bits per heavy atom. The zero-order valence-electron chi connectivity index (χ0n) is 14.3. The third kappa shape index (κ3) is 3.38. The molecular formula is C20H14ClFN2O2S. The summed E-state index contributed by atoms with van der Waals surface area (Å²) < 4.78 is 21.5. The van der Waals surface area contributed by atoms with Gasteiger partial charge >= 0.3 is 0 Å². The summed E-state index contributed by atoms with van der Waals surface area (Å²) in [6, 6.07) is 11.5. The van der Waals surface area contributed by atoms with Gasteiger partial charge in [0.05, 0.1) is 10.9 Å². The van der Waals surface area contributed by atoms with Crippen molar-refractivity contribution in [2.75, 3.05) is 6.61 Å². The molecule has 0 saturated heterocycles. The number of fused-ring (bicyclic) bond motifs is 3. The molecule has 0 unspecified atom stereocenters. The van der Waals surface area contributed by atoms with E-state index < -0.39 is 0 Å². The van der Waals surface area contributed by atoms with Crippen LogP contribution >= 0.6 is 22.9 Å². The molecule has 0 N–H and O–H groups in total. The summed E-state index contributed by atoms with van der Waals surface area (Å²) in [5.74, 6) is 0.325. The number of benzene rings is 2. The molecule has 7 heteroatoms. The van der Waals surface area contributed by atoms with Crippen LogP contribution in [-0.4, -0.2) is 22.4 Å². The highest BCUT2D eigenvalue weighted by Crippen LogP contribution is 2.38. The second-order valence-corrected chi connectivity index (χ2v) is 7.40. The van der Waals surface area contributed by atoms with Crippen molar-refractivity contribution in [1.82, 2.24) is 9.97 Å². The SMILES string of the molecule is CCc1nc(OCC(=O)c2ccc(Cl)cc2)c2sc3cccc(F)c3c2n1. The van der Waals surface area contributed by atoms with E-state index in [-0.39, 0.29) is 18.2 Å². The van der Waals surface area contributed by atoms with Crippen LogP contribution < -0.4 is 4.74 Å². The summed E-state index contributed by atoms with van der Waals surface area (Å²) in [7, 11) is 0. The van der Waals surface area contributed by atoms with Crippen LogP contribution in [0.5, 0.6) is 5.88 Å². The zero-order chi connectivity index (χ0) is 19.0.